The number of imidazole rings is 1. The second kappa shape index (κ2) is 7.94. The number of para-hydroxylation sites is 1. The minimum Gasteiger partial charge on any atom is -0.326 e. The number of anilines is 2. The van der Waals surface area contributed by atoms with Crippen LogP contribution >= 0.6 is 23.2 Å². The first-order valence-electron chi connectivity index (χ1n) is 10.6. The molecule has 2 heterocycles. The summed E-state index contributed by atoms with van der Waals surface area (Å²) < 4.78 is 1.89. The van der Waals surface area contributed by atoms with Crippen LogP contribution in [0.2, 0.25) is 10.0 Å². The van der Waals surface area contributed by atoms with Crippen molar-refractivity contribution in [2.75, 3.05) is 5.32 Å². The van der Waals surface area contributed by atoms with Gasteiger partial charge in [-0.05, 0) is 55.5 Å². The highest BCUT2D eigenvalue weighted by Crippen LogP contribution is 2.38. The van der Waals surface area contributed by atoms with Crippen molar-refractivity contribution >= 4 is 56.6 Å². The van der Waals surface area contributed by atoms with E-state index < -0.39 is 0 Å². The van der Waals surface area contributed by atoms with Gasteiger partial charge in [0.1, 0.15) is 0 Å². The lowest BCUT2D eigenvalue weighted by Crippen LogP contribution is -2.11. The number of aromatic amines is 1. The van der Waals surface area contributed by atoms with Crippen molar-refractivity contribution in [1.29, 1.82) is 0 Å². The van der Waals surface area contributed by atoms with E-state index in [-0.39, 0.29) is 5.56 Å². The standard InChI is InChI=1S/C26H22Cl2N4O/c1-13-7-5-8-16(11-13)18-12-17-14(2)15(3)29-25(33)21(17)24-22(18)30-26(32(24)4)31-23-19(27)9-6-10-20(23)28/h5-12H,1-4H3,(H,29,33)(H,30,31). The molecule has 5 nitrogen and oxygen atoms in total. The van der Waals surface area contributed by atoms with E-state index in [1.807, 2.05) is 31.5 Å². The molecule has 0 saturated carbocycles. The third-order valence-electron chi connectivity index (χ3n) is 6.17. The van der Waals surface area contributed by atoms with Gasteiger partial charge in [-0.3, -0.25) is 4.79 Å². The largest absolute Gasteiger partial charge is 0.326 e. The zero-order valence-corrected chi connectivity index (χ0v) is 20.2. The summed E-state index contributed by atoms with van der Waals surface area (Å²) in [6.45, 7) is 6.01. The van der Waals surface area contributed by atoms with Crippen molar-refractivity contribution in [2.45, 2.75) is 20.8 Å². The summed E-state index contributed by atoms with van der Waals surface area (Å²) in [6.07, 6.45) is 0. The summed E-state index contributed by atoms with van der Waals surface area (Å²) in [6, 6.07) is 15.7. The minimum atomic E-state index is -0.140. The minimum absolute atomic E-state index is 0.140. The van der Waals surface area contributed by atoms with Crippen LogP contribution < -0.4 is 10.9 Å². The molecule has 0 saturated heterocycles. The van der Waals surface area contributed by atoms with E-state index in [0.29, 0.717) is 27.1 Å². The third kappa shape index (κ3) is 3.48. The summed E-state index contributed by atoms with van der Waals surface area (Å²) in [5.41, 5.74) is 6.95. The number of nitrogens with one attached hydrogen (secondary N) is 2. The van der Waals surface area contributed by atoms with Gasteiger partial charge < -0.3 is 14.9 Å². The number of aromatic nitrogens is 3. The molecule has 5 rings (SSSR count). The number of rotatable bonds is 3. The molecule has 5 aromatic rings. The topological polar surface area (TPSA) is 62.7 Å². The average molecular weight is 477 g/mol. The number of H-pyrrole nitrogens is 1. The van der Waals surface area contributed by atoms with E-state index in [1.54, 1.807) is 18.2 Å². The molecule has 33 heavy (non-hydrogen) atoms. The quantitative estimate of drug-likeness (QED) is 0.293. The molecule has 0 spiro atoms. The molecule has 0 fully saturated rings. The predicted molar refractivity (Wildman–Crippen MR) is 138 cm³/mol. The Morgan fingerprint density at radius 3 is 2.39 bits per heavy atom. The molecule has 0 aliphatic carbocycles. The van der Waals surface area contributed by atoms with Gasteiger partial charge in [0.05, 0.1) is 32.2 Å². The van der Waals surface area contributed by atoms with Gasteiger partial charge in [0.15, 0.2) is 0 Å². The molecule has 2 aromatic heterocycles. The zero-order valence-electron chi connectivity index (χ0n) is 18.7. The highest BCUT2D eigenvalue weighted by molar-refractivity contribution is 6.39. The second-order valence-electron chi connectivity index (χ2n) is 8.33. The Kier molecular flexibility index (Phi) is 5.19. The van der Waals surface area contributed by atoms with E-state index in [1.165, 1.54) is 0 Å². The van der Waals surface area contributed by atoms with E-state index in [2.05, 4.69) is 41.5 Å². The van der Waals surface area contributed by atoms with Gasteiger partial charge in [0.25, 0.3) is 5.56 Å². The highest BCUT2D eigenvalue weighted by atomic mass is 35.5. The second-order valence-corrected chi connectivity index (χ2v) is 9.15. The summed E-state index contributed by atoms with van der Waals surface area (Å²) >= 11 is 12.8. The lowest BCUT2D eigenvalue weighted by atomic mass is 9.96. The van der Waals surface area contributed by atoms with Crippen LogP contribution in [0.5, 0.6) is 0 Å². The first-order valence-corrected chi connectivity index (χ1v) is 11.3. The molecule has 2 N–H and O–H groups in total. The van der Waals surface area contributed by atoms with Crippen molar-refractivity contribution in [3.63, 3.8) is 0 Å². The number of hydrogen-bond donors (Lipinski definition) is 2. The van der Waals surface area contributed by atoms with Gasteiger partial charge in [-0.1, -0.05) is 59.1 Å². The number of aryl methyl sites for hydroxylation is 4. The van der Waals surface area contributed by atoms with Crippen LogP contribution in [0.1, 0.15) is 16.8 Å². The maximum absolute atomic E-state index is 13.1. The van der Waals surface area contributed by atoms with Gasteiger partial charge in [0.2, 0.25) is 5.95 Å². The summed E-state index contributed by atoms with van der Waals surface area (Å²) in [5.74, 6) is 0.541. The Balaban J connectivity index is 1.90. The first-order chi connectivity index (χ1) is 15.8. The zero-order chi connectivity index (χ0) is 23.4. The van der Waals surface area contributed by atoms with Gasteiger partial charge in [-0.15, -0.1) is 0 Å². The van der Waals surface area contributed by atoms with Crippen LogP contribution in [-0.2, 0) is 7.05 Å². The van der Waals surface area contributed by atoms with Crippen molar-refractivity contribution in [3.05, 3.63) is 85.8 Å². The maximum atomic E-state index is 13.1. The molecule has 166 valence electrons. The van der Waals surface area contributed by atoms with Gasteiger partial charge in [-0.2, -0.15) is 0 Å². The fraction of sp³-hybridized carbons (Fsp3) is 0.154. The first kappa shape index (κ1) is 21.6. The third-order valence-corrected chi connectivity index (χ3v) is 6.80. The van der Waals surface area contributed by atoms with E-state index >= 15 is 0 Å². The summed E-state index contributed by atoms with van der Waals surface area (Å²) in [7, 11) is 1.89. The fourth-order valence-electron chi connectivity index (χ4n) is 4.31. The molecule has 0 amide bonds. The maximum Gasteiger partial charge on any atom is 0.258 e. The monoisotopic (exact) mass is 476 g/mol. The van der Waals surface area contributed by atoms with Gasteiger partial charge in [-0.25, -0.2) is 4.98 Å². The molecular weight excluding hydrogens is 455 g/mol. The van der Waals surface area contributed by atoms with E-state index in [0.717, 1.165) is 44.4 Å². The molecule has 0 radical (unpaired) electrons. The van der Waals surface area contributed by atoms with Crippen molar-refractivity contribution < 1.29 is 0 Å². The number of fused-ring (bicyclic) bond motifs is 3. The normalized spacial score (nSPS) is 11.5. The highest BCUT2D eigenvalue weighted by Gasteiger charge is 2.21. The van der Waals surface area contributed by atoms with Crippen LogP contribution in [-0.4, -0.2) is 14.5 Å². The number of nitrogens with zero attached hydrogens (tertiary/aromatic N) is 2. The van der Waals surface area contributed by atoms with E-state index in [9.17, 15) is 4.79 Å². The molecule has 0 aliphatic heterocycles. The van der Waals surface area contributed by atoms with Crippen LogP contribution in [0.25, 0.3) is 32.9 Å². The Morgan fingerprint density at radius 2 is 1.70 bits per heavy atom. The van der Waals surface area contributed by atoms with Crippen molar-refractivity contribution in [2.24, 2.45) is 7.05 Å². The number of halogens is 2. The lowest BCUT2D eigenvalue weighted by molar-refractivity contribution is 0.960. The predicted octanol–water partition coefficient (Wildman–Crippen LogP) is 7.06. The molecule has 0 atom stereocenters. The van der Waals surface area contributed by atoms with Crippen LogP contribution in [0.3, 0.4) is 0 Å². The average Bonchev–Trinajstić information content (AvgIpc) is 3.10. The van der Waals surface area contributed by atoms with Gasteiger partial charge in [0, 0.05) is 18.3 Å². The number of benzene rings is 3. The summed E-state index contributed by atoms with van der Waals surface area (Å²) in [4.78, 5) is 21.0. The van der Waals surface area contributed by atoms with Gasteiger partial charge >= 0.3 is 0 Å². The Bertz CT molecular complexity index is 1610. The van der Waals surface area contributed by atoms with Crippen LogP contribution in [0.4, 0.5) is 11.6 Å². The number of hydrogen-bond acceptors (Lipinski definition) is 3. The fourth-order valence-corrected chi connectivity index (χ4v) is 4.80. The van der Waals surface area contributed by atoms with Crippen molar-refractivity contribution in [1.82, 2.24) is 14.5 Å². The molecular formula is C26H22Cl2N4O. The Hall–Kier alpha value is -3.28. The molecule has 0 aliphatic rings. The van der Waals surface area contributed by atoms with Crippen LogP contribution in [0, 0.1) is 20.8 Å². The van der Waals surface area contributed by atoms with Crippen LogP contribution in [0.15, 0.2) is 53.3 Å². The Morgan fingerprint density at radius 1 is 1.00 bits per heavy atom. The van der Waals surface area contributed by atoms with Crippen molar-refractivity contribution in [3.8, 4) is 11.1 Å². The Labute approximate surface area is 201 Å². The molecule has 3 aromatic carbocycles. The smallest absolute Gasteiger partial charge is 0.258 e. The number of pyridine rings is 1. The summed E-state index contributed by atoms with van der Waals surface area (Å²) in [5, 5.41) is 5.77. The molecule has 0 unspecified atom stereocenters. The molecule has 0 bridgehead atoms. The lowest BCUT2D eigenvalue weighted by Gasteiger charge is -2.12. The van der Waals surface area contributed by atoms with E-state index in [4.69, 9.17) is 28.2 Å². The SMILES string of the molecule is Cc1cccc(-c2cc3c(C)c(C)[nH]c(=O)c3c3c2nc(Nc2c(Cl)cccc2Cl)n3C)c1. The molecule has 7 heteroatoms.